The minimum Gasteiger partial charge on any atom is -0.484 e. The quantitative estimate of drug-likeness (QED) is 0.561. The van der Waals surface area contributed by atoms with Gasteiger partial charge in [0.05, 0.1) is 6.21 Å². The summed E-state index contributed by atoms with van der Waals surface area (Å²) in [6.45, 7) is 1.76. The van der Waals surface area contributed by atoms with Crippen LogP contribution in [-0.4, -0.2) is 23.3 Å². The molecule has 3 rings (SSSR count). The molecule has 0 saturated heterocycles. The van der Waals surface area contributed by atoms with E-state index in [0.29, 0.717) is 10.8 Å². The summed E-state index contributed by atoms with van der Waals surface area (Å²) in [5, 5.41) is 5.75. The largest absolute Gasteiger partial charge is 0.484 e. The summed E-state index contributed by atoms with van der Waals surface area (Å²) in [6, 6.07) is 13.3. The van der Waals surface area contributed by atoms with Crippen molar-refractivity contribution in [2.45, 2.75) is 6.92 Å². The molecular formula is C19H18ClN3O2. The van der Waals surface area contributed by atoms with Crippen molar-refractivity contribution in [2.75, 3.05) is 6.61 Å². The first kappa shape index (κ1) is 17.0. The van der Waals surface area contributed by atoms with Gasteiger partial charge in [0, 0.05) is 34.7 Å². The number of carbonyl (C=O) groups is 1. The lowest BCUT2D eigenvalue weighted by Gasteiger charge is -2.06. The highest BCUT2D eigenvalue weighted by Gasteiger charge is 2.05. The van der Waals surface area contributed by atoms with Crippen LogP contribution in [0.3, 0.4) is 0 Å². The van der Waals surface area contributed by atoms with Gasteiger partial charge < -0.3 is 9.30 Å². The summed E-state index contributed by atoms with van der Waals surface area (Å²) in [4.78, 5) is 11.8. The number of hydrogen-bond acceptors (Lipinski definition) is 3. The van der Waals surface area contributed by atoms with Gasteiger partial charge in [-0.1, -0.05) is 29.8 Å². The van der Waals surface area contributed by atoms with Crippen molar-refractivity contribution in [2.24, 2.45) is 12.1 Å². The predicted octanol–water partition coefficient (Wildman–Crippen LogP) is 3.67. The number of carbonyl (C=O) groups excluding carboxylic acids is 1. The van der Waals surface area contributed by atoms with E-state index >= 15 is 0 Å². The van der Waals surface area contributed by atoms with Crippen molar-refractivity contribution in [3.05, 3.63) is 64.8 Å². The number of halogens is 1. The molecule has 1 aromatic heterocycles. The van der Waals surface area contributed by atoms with Crippen LogP contribution in [0, 0.1) is 6.92 Å². The Hall–Kier alpha value is -2.79. The van der Waals surface area contributed by atoms with Crippen LogP contribution < -0.4 is 10.2 Å². The maximum absolute atomic E-state index is 11.8. The summed E-state index contributed by atoms with van der Waals surface area (Å²) in [7, 11) is 1.97. The zero-order valence-corrected chi connectivity index (χ0v) is 14.7. The lowest BCUT2D eigenvalue weighted by Crippen LogP contribution is -2.24. The predicted molar refractivity (Wildman–Crippen MR) is 100 cm³/mol. The van der Waals surface area contributed by atoms with Crippen LogP contribution in [0.5, 0.6) is 5.75 Å². The normalized spacial score (nSPS) is 11.2. The molecule has 0 spiro atoms. The topological polar surface area (TPSA) is 55.6 Å². The first-order chi connectivity index (χ1) is 12.0. The van der Waals surface area contributed by atoms with Gasteiger partial charge in [-0.15, -0.1) is 0 Å². The smallest absolute Gasteiger partial charge is 0.277 e. The third kappa shape index (κ3) is 4.00. The minimum absolute atomic E-state index is 0.117. The summed E-state index contributed by atoms with van der Waals surface area (Å²) in [6.07, 6.45) is 3.60. The van der Waals surface area contributed by atoms with E-state index < -0.39 is 0 Å². The van der Waals surface area contributed by atoms with Crippen LogP contribution in [0.4, 0.5) is 0 Å². The maximum Gasteiger partial charge on any atom is 0.277 e. The van der Waals surface area contributed by atoms with E-state index in [1.54, 1.807) is 24.4 Å². The molecule has 0 saturated carbocycles. The van der Waals surface area contributed by atoms with Crippen LogP contribution in [0.1, 0.15) is 11.1 Å². The molecule has 1 heterocycles. The molecular weight excluding hydrogens is 338 g/mol. The molecule has 1 amide bonds. The number of para-hydroxylation sites is 1. The monoisotopic (exact) mass is 355 g/mol. The van der Waals surface area contributed by atoms with E-state index in [0.717, 1.165) is 22.0 Å². The van der Waals surface area contributed by atoms with Crippen molar-refractivity contribution in [1.29, 1.82) is 0 Å². The molecule has 0 aliphatic carbocycles. The highest BCUT2D eigenvalue weighted by atomic mass is 35.5. The highest BCUT2D eigenvalue weighted by molar-refractivity contribution is 6.31. The fourth-order valence-electron chi connectivity index (χ4n) is 2.54. The fourth-order valence-corrected chi connectivity index (χ4v) is 2.66. The molecule has 0 radical (unpaired) electrons. The molecule has 25 heavy (non-hydrogen) atoms. The molecule has 3 aromatic rings. The van der Waals surface area contributed by atoms with Crippen LogP contribution in [0.15, 0.2) is 53.8 Å². The van der Waals surface area contributed by atoms with E-state index in [4.69, 9.17) is 16.3 Å². The average molecular weight is 356 g/mol. The number of aromatic nitrogens is 1. The number of ether oxygens (including phenoxy) is 1. The second-order valence-corrected chi connectivity index (χ2v) is 6.11. The molecule has 5 nitrogen and oxygen atoms in total. The Morgan fingerprint density at radius 1 is 1.32 bits per heavy atom. The Morgan fingerprint density at radius 3 is 2.92 bits per heavy atom. The lowest BCUT2D eigenvalue weighted by molar-refractivity contribution is -0.123. The number of aryl methyl sites for hydroxylation is 2. The molecule has 0 aliphatic heterocycles. The molecule has 2 aromatic carbocycles. The Bertz CT molecular complexity index is 947. The Labute approximate surface area is 150 Å². The SMILES string of the molecule is Cc1cc(OCC(=O)NN=Cc2cn(C)c3ccccc23)ccc1Cl. The molecule has 0 fully saturated rings. The number of rotatable bonds is 5. The van der Waals surface area contributed by atoms with Crippen LogP contribution >= 0.6 is 11.6 Å². The summed E-state index contributed by atoms with van der Waals surface area (Å²) < 4.78 is 7.45. The Balaban J connectivity index is 1.58. The molecule has 0 bridgehead atoms. The molecule has 0 aliphatic rings. The van der Waals surface area contributed by atoms with Crippen molar-refractivity contribution >= 4 is 34.6 Å². The zero-order valence-electron chi connectivity index (χ0n) is 14.0. The number of nitrogens with one attached hydrogen (secondary N) is 1. The number of fused-ring (bicyclic) bond motifs is 1. The van der Waals surface area contributed by atoms with Gasteiger partial charge in [0.25, 0.3) is 5.91 Å². The van der Waals surface area contributed by atoms with Gasteiger partial charge in [-0.3, -0.25) is 4.79 Å². The van der Waals surface area contributed by atoms with Gasteiger partial charge in [0.15, 0.2) is 6.61 Å². The number of hydrazone groups is 1. The molecule has 0 atom stereocenters. The Morgan fingerprint density at radius 2 is 2.12 bits per heavy atom. The molecule has 128 valence electrons. The lowest BCUT2D eigenvalue weighted by atomic mass is 10.2. The van der Waals surface area contributed by atoms with Gasteiger partial charge in [-0.25, -0.2) is 5.43 Å². The second kappa shape index (κ2) is 7.40. The number of benzene rings is 2. The third-order valence-corrected chi connectivity index (χ3v) is 4.24. The molecule has 1 N–H and O–H groups in total. The first-order valence-electron chi connectivity index (χ1n) is 7.79. The summed E-state index contributed by atoms with van der Waals surface area (Å²) in [5.74, 6) is 0.263. The first-order valence-corrected chi connectivity index (χ1v) is 8.17. The zero-order chi connectivity index (χ0) is 17.8. The van der Waals surface area contributed by atoms with Gasteiger partial charge in [0.1, 0.15) is 5.75 Å². The van der Waals surface area contributed by atoms with E-state index in [-0.39, 0.29) is 12.5 Å². The second-order valence-electron chi connectivity index (χ2n) is 5.71. The van der Waals surface area contributed by atoms with Gasteiger partial charge in [-0.2, -0.15) is 5.10 Å². The Kier molecular flexibility index (Phi) is 5.05. The van der Waals surface area contributed by atoms with E-state index in [1.807, 2.05) is 49.0 Å². The van der Waals surface area contributed by atoms with Crippen LogP contribution in [0.25, 0.3) is 10.9 Å². The number of amides is 1. The number of nitrogens with zero attached hydrogens (tertiary/aromatic N) is 2. The third-order valence-electron chi connectivity index (χ3n) is 3.82. The highest BCUT2D eigenvalue weighted by Crippen LogP contribution is 2.21. The van der Waals surface area contributed by atoms with E-state index in [1.165, 1.54) is 0 Å². The average Bonchev–Trinajstić information content (AvgIpc) is 2.92. The fraction of sp³-hybridized carbons (Fsp3) is 0.158. The number of hydrogen-bond donors (Lipinski definition) is 1. The van der Waals surface area contributed by atoms with Gasteiger partial charge >= 0.3 is 0 Å². The van der Waals surface area contributed by atoms with Crippen molar-refractivity contribution < 1.29 is 9.53 Å². The summed E-state index contributed by atoms with van der Waals surface area (Å²) >= 11 is 5.96. The van der Waals surface area contributed by atoms with Crippen LogP contribution in [-0.2, 0) is 11.8 Å². The van der Waals surface area contributed by atoms with Gasteiger partial charge in [-0.05, 0) is 36.8 Å². The van der Waals surface area contributed by atoms with Crippen molar-refractivity contribution in [3.63, 3.8) is 0 Å². The molecule has 0 unspecified atom stereocenters. The van der Waals surface area contributed by atoms with Crippen LogP contribution in [0.2, 0.25) is 5.02 Å². The summed E-state index contributed by atoms with van der Waals surface area (Å²) in [5.41, 5.74) is 5.41. The maximum atomic E-state index is 11.8. The van der Waals surface area contributed by atoms with Gasteiger partial charge in [0.2, 0.25) is 0 Å². The van der Waals surface area contributed by atoms with Crippen molar-refractivity contribution in [1.82, 2.24) is 9.99 Å². The van der Waals surface area contributed by atoms with E-state index in [2.05, 4.69) is 10.5 Å². The van der Waals surface area contributed by atoms with Crippen molar-refractivity contribution in [3.8, 4) is 5.75 Å². The standard InChI is InChI=1S/C19H18ClN3O2/c1-13-9-15(7-8-17(13)20)25-12-19(24)22-21-10-14-11-23(2)18-6-4-3-5-16(14)18/h3-11H,12H2,1-2H3,(H,22,24). The van der Waals surface area contributed by atoms with E-state index in [9.17, 15) is 4.79 Å². The minimum atomic E-state index is -0.330. The molecule has 6 heteroatoms.